The second-order valence-electron chi connectivity index (χ2n) is 13.4. The summed E-state index contributed by atoms with van der Waals surface area (Å²) in [5.41, 5.74) is 13.1. The van der Waals surface area contributed by atoms with E-state index in [0.29, 0.717) is 17.5 Å². The minimum atomic E-state index is 0.0171. The lowest BCUT2D eigenvalue weighted by Gasteiger charge is -2.35. The van der Waals surface area contributed by atoms with Crippen molar-refractivity contribution in [2.75, 3.05) is 4.90 Å². The lowest BCUT2D eigenvalue weighted by Crippen LogP contribution is -2.29. The zero-order valence-electron chi connectivity index (χ0n) is 28.8. The minimum absolute atomic E-state index is 0.0171. The summed E-state index contributed by atoms with van der Waals surface area (Å²) in [7, 11) is 0. The predicted octanol–water partition coefficient (Wildman–Crippen LogP) is 11.7. The molecule has 2 unspecified atom stereocenters. The van der Waals surface area contributed by atoms with Crippen LogP contribution in [-0.2, 0) is 0 Å². The molecule has 0 saturated carbocycles. The molecule has 53 heavy (non-hydrogen) atoms. The van der Waals surface area contributed by atoms with E-state index in [9.17, 15) is 0 Å². The van der Waals surface area contributed by atoms with Gasteiger partial charge in [0.2, 0.25) is 0 Å². The summed E-state index contributed by atoms with van der Waals surface area (Å²) in [6.07, 6.45) is 0. The van der Waals surface area contributed by atoms with Crippen molar-refractivity contribution in [3.05, 3.63) is 205 Å². The SMILES string of the molecule is c1ccc(C2=Nc3ccccc3C3C2c2ccccc2N3c2cccc(-c3nc(-c4ccccc4)nc(-c4ccc(-c5ccccc5)cc4)n3)c2)cc1. The zero-order chi connectivity index (χ0) is 35.1. The molecule has 0 saturated heterocycles. The van der Waals surface area contributed by atoms with Crippen LogP contribution in [0.15, 0.2) is 193 Å². The zero-order valence-corrected chi connectivity index (χ0v) is 28.8. The van der Waals surface area contributed by atoms with Gasteiger partial charge in [0.1, 0.15) is 0 Å². The smallest absolute Gasteiger partial charge is 0.164 e. The summed E-state index contributed by atoms with van der Waals surface area (Å²) in [5, 5.41) is 0. The Morgan fingerprint density at radius 1 is 0.377 bits per heavy atom. The third kappa shape index (κ3) is 5.51. The molecule has 3 heterocycles. The Hall–Kier alpha value is -6.98. The van der Waals surface area contributed by atoms with Crippen molar-refractivity contribution in [1.29, 1.82) is 0 Å². The summed E-state index contributed by atoms with van der Waals surface area (Å²) in [4.78, 5) is 23.0. The monoisotopic (exact) mass is 679 g/mol. The van der Waals surface area contributed by atoms with Crippen LogP contribution in [0.5, 0.6) is 0 Å². The van der Waals surface area contributed by atoms with Gasteiger partial charge < -0.3 is 4.90 Å². The van der Waals surface area contributed by atoms with Gasteiger partial charge in [-0.1, -0.05) is 164 Å². The van der Waals surface area contributed by atoms with E-state index in [-0.39, 0.29) is 12.0 Å². The van der Waals surface area contributed by atoms with Gasteiger partial charge >= 0.3 is 0 Å². The molecule has 5 nitrogen and oxygen atoms in total. The molecule has 7 aromatic carbocycles. The number of hydrogen-bond donors (Lipinski definition) is 0. The number of nitrogens with zero attached hydrogens (tertiary/aromatic N) is 5. The Bertz CT molecular complexity index is 2620. The van der Waals surface area contributed by atoms with Crippen LogP contribution in [0.3, 0.4) is 0 Å². The molecule has 2 aliphatic rings. The van der Waals surface area contributed by atoms with E-state index in [1.54, 1.807) is 0 Å². The fourth-order valence-electron chi connectivity index (χ4n) is 7.83. The van der Waals surface area contributed by atoms with E-state index < -0.39 is 0 Å². The first kappa shape index (κ1) is 30.8. The first-order valence-electron chi connectivity index (χ1n) is 18.0. The standard InChI is InChI=1S/C48H33N5/c1-4-15-32(16-5-1)33-27-29-36(30-28-33)47-50-46(35-19-8-3-9-20-35)51-48(52-47)37-21-14-22-38(31-37)53-42-26-13-11-24-40(42)43-44(34-17-6-2-7-18-34)49-41-25-12-10-23-39(41)45(43)53/h1-31,43,45H. The van der Waals surface area contributed by atoms with Gasteiger partial charge in [-0.3, -0.25) is 4.99 Å². The fraction of sp³-hybridized carbons (Fsp3) is 0.0417. The molecule has 0 fully saturated rings. The number of aromatic nitrogens is 3. The maximum absolute atomic E-state index is 5.31. The van der Waals surface area contributed by atoms with Gasteiger partial charge in [0.05, 0.1) is 23.4 Å². The Morgan fingerprint density at radius 3 is 1.57 bits per heavy atom. The highest BCUT2D eigenvalue weighted by Gasteiger charge is 2.46. The topological polar surface area (TPSA) is 54.3 Å². The molecule has 0 aliphatic carbocycles. The first-order chi connectivity index (χ1) is 26.3. The van der Waals surface area contributed by atoms with Crippen LogP contribution in [0.1, 0.15) is 28.7 Å². The van der Waals surface area contributed by atoms with Crippen LogP contribution in [0, 0.1) is 0 Å². The van der Waals surface area contributed by atoms with Gasteiger partial charge in [-0.15, -0.1) is 0 Å². The molecular formula is C48H33N5. The van der Waals surface area contributed by atoms with Crippen molar-refractivity contribution in [2.24, 2.45) is 4.99 Å². The molecule has 5 heteroatoms. The van der Waals surface area contributed by atoms with Crippen molar-refractivity contribution < 1.29 is 0 Å². The van der Waals surface area contributed by atoms with E-state index in [1.807, 2.05) is 36.4 Å². The number of para-hydroxylation sites is 2. The van der Waals surface area contributed by atoms with Gasteiger partial charge in [-0.2, -0.15) is 0 Å². The third-order valence-corrected chi connectivity index (χ3v) is 10.3. The quantitative estimate of drug-likeness (QED) is 0.176. The summed E-state index contributed by atoms with van der Waals surface area (Å²) in [6, 6.07) is 65.6. The molecule has 0 amide bonds. The van der Waals surface area contributed by atoms with E-state index in [2.05, 4.69) is 157 Å². The number of rotatable bonds is 6. The van der Waals surface area contributed by atoms with E-state index in [4.69, 9.17) is 19.9 Å². The van der Waals surface area contributed by atoms with Gasteiger partial charge in [0.25, 0.3) is 0 Å². The molecule has 10 rings (SSSR count). The molecule has 2 aliphatic heterocycles. The summed E-state index contributed by atoms with van der Waals surface area (Å²) in [6.45, 7) is 0. The largest absolute Gasteiger partial charge is 0.333 e. The normalized spacial score (nSPS) is 15.6. The highest BCUT2D eigenvalue weighted by Crippen LogP contribution is 2.57. The molecular weight excluding hydrogens is 647 g/mol. The minimum Gasteiger partial charge on any atom is -0.333 e. The molecule has 250 valence electrons. The lowest BCUT2D eigenvalue weighted by atomic mass is 9.80. The van der Waals surface area contributed by atoms with E-state index in [1.165, 1.54) is 22.4 Å². The van der Waals surface area contributed by atoms with Crippen molar-refractivity contribution in [3.8, 4) is 45.3 Å². The molecule has 1 aromatic heterocycles. The van der Waals surface area contributed by atoms with Crippen LogP contribution in [-0.4, -0.2) is 20.7 Å². The van der Waals surface area contributed by atoms with Gasteiger partial charge in [0, 0.05) is 33.6 Å². The second kappa shape index (κ2) is 13.0. The maximum atomic E-state index is 5.31. The lowest BCUT2D eigenvalue weighted by molar-refractivity contribution is 0.689. The Kier molecular flexibility index (Phi) is 7.54. The van der Waals surface area contributed by atoms with Crippen molar-refractivity contribution in [2.45, 2.75) is 12.0 Å². The third-order valence-electron chi connectivity index (χ3n) is 10.3. The molecule has 0 spiro atoms. The average molecular weight is 680 g/mol. The molecule has 2 atom stereocenters. The van der Waals surface area contributed by atoms with Crippen molar-refractivity contribution in [1.82, 2.24) is 15.0 Å². The van der Waals surface area contributed by atoms with Crippen molar-refractivity contribution >= 4 is 22.8 Å². The van der Waals surface area contributed by atoms with Crippen molar-refractivity contribution in [3.63, 3.8) is 0 Å². The van der Waals surface area contributed by atoms with Crippen LogP contribution in [0.2, 0.25) is 0 Å². The molecule has 8 aromatic rings. The first-order valence-corrected chi connectivity index (χ1v) is 18.0. The van der Waals surface area contributed by atoms with E-state index >= 15 is 0 Å². The van der Waals surface area contributed by atoms with E-state index in [0.717, 1.165) is 44.9 Å². The highest BCUT2D eigenvalue weighted by molar-refractivity contribution is 6.11. The average Bonchev–Trinajstić information content (AvgIpc) is 3.60. The van der Waals surface area contributed by atoms with Crippen LogP contribution < -0.4 is 4.90 Å². The molecule has 0 bridgehead atoms. The van der Waals surface area contributed by atoms with Gasteiger partial charge in [-0.05, 0) is 46.5 Å². The Labute approximate surface area is 308 Å². The summed E-state index contributed by atoms with van der Waals surface area (Å²) in [5.74, 6) is 1.96. The number of fused-ring (bicyclic) bond motifs is 5. The highest BCUT2D eigenvalue weighted by atomic mass is 15.2. The van der Waals surface area contributed by atoms with Crippen LogP contribution >= 0.6 is 0 Å². The number of aliphatic imine (C=N–C) groups is 1. The second-order valence-corrected chi connectivity index (χ2v) is 13.4. The van der Waals surface area contributed by atoms with Gasteiger partial charge in [0.15, 0.2) is 17.5 Å². The number of benzene rings is 7. The van der Waals surface area contributed by atoms with Crippen LogP contribution in [0.25, 0.3) is 45.3 Å². The maximum Gasteiger partial charge on any atom is 0.164 e. The van der Waals surface area contributed by atoms with Gasteiger partial charge in [-0.25, -0.2) is 15.0 Å². The Balaban J connectivity index is 1.10. The fourth-order valence-corrected chi connectivity index (χ4v) is 7.83. The predicted molar refractivity (Wildman–Crippen MR) is 215 cm³/mol. The Morgan fingerprint density at radius 2 is 0.868 bits per heavy atom. The molecule has 0 radical (unpaired) electrons. The summed E-state index contributed by atoms with van der Waals surface area (Å²) < 4.78 is 0. The number of anilines is 2. The number of hydrogen-bond acceptors (Lipinski definition) is 5. The summed E-state index contributed by atoms with van der Waals surface area (Å²) >= 11 is 0. The molecule has 0 N–H and O–H groups in total. The van der Waals surface area contributed by atoms with Crippen LogP contribution in [0.4, 0.5) is 17.1 Å².